The lowest BCUT2D eigenvalue weighted by Crippen LogP contribution is -2.39. The summed E-state index contributed by atoms with van der Waals surface area (Å²) < 4.78 is 2.11. The van der Waals surface area contributed by atoms with E-state index in [1.54, 1.807) is 0 Å². The van der Waals surface area contributed by atoms with E-state index in [1.165, 1.54) is 6.42 Å². The van der Waals surface area contributed by atoms with Gasteiger partial charge in [0.2, 0.25) is 0 Å². The number of anilines is 1. The highest BCUT2D eigenvalue weighted by Crippen LogP contribution is 2.29. The van der Waals surface area contributed by atoms with Gasteiger partial charge >= 0.3 is 0 Å². The van der Waals surface area contributed by atoms with Gasteiger partial charge < -0.3 is 15.0 Å². The quantitative estimate of drug-likeness (QED) is 0.899. The van der Waals surface area contributed by atoms with Crippen molar-refractivity contribution < 1.29 is 0 Å². The highest BCUT2D eigenvalue weighted by Gasteiger charge is 2.26. The monoisotopic (exact) mass is 258 g/mol. The van der Waals surface area contributed by atoms with Crippen molar-refractivity contribution in [2.45, 2.75) is 26.8 Å². The fourth-order valence-electron chi connectivity index (χ4n) is 2.93. The molecule has 4 heteroatoms. The van der Waals surface area contributed by atoms with E-state index in [9.17, 15) is 0 Å². The molecule has 1 aliphatic heterocycles. The molecule has 3 rings (SSSR count). The third-order valence-corrected chi connectivity index (χ3v) is 4.43. The third-order valence-electron chi connectivity index (χ3n) is 4.43. The predicted octanol–water partition coefficient (Wildman–Crippen LogP) is 2.28. The molecular weight excluding hydrogens is 236 g/mol. The molecule has 2 atom stereocenters. The summed E-state index contributed by atoms with van der Waals surface area (Å²) in [4.78, 5) is 7.18. The molecule has 4 nitrogen and oxygen atoms in total. The number of aromatic nitrogens is 2. The molecular formula is C15H22N4. The average molecular weight is 258 g/mol. The van der Waals surface area contributed by atoms with Crippen LogP contribution in [0.5, 0.6) is 0 Å². The molecule has 2 unspecified atom stereocenters. The lowest BCUT2D eigenvalue weighted by Gasteiger charge is -2.36. The summed E-state index contributed by atoms with van der Waals surface area (Å²) in [5, 5.41) is 0. The highest BCUT2D eigenvalue weighted by atomic mass is 15.2. The van der Waals surface area contributed by atoms with Crippen LogP contribution in [0.4, 0.5) is 5.82 Å². The number of nitrogens with two attached hydrogens (primary N) is 1. The zero-order valence-electron chi connectivity index (χ0n) is 11.7. The standard InChI is InChI=1S/C15H22N4/c1-11-6-8-18(10-12(11)2)15-13(9-16)19-7-4-3-5-14(19)17-15/h3-5,7,11-12H,6,8-10,16H2,1-2H3. The van der Waals surface area contributed by atoms with E-state index in [0.29, 0.717) is 12.5 Å². The Balaban J connectivity index is 2.00. The van der Waals surface area contributed by atoms with Crippen LogP contribution in [0.2, 0.25) is 0 Å². The van der Waals surface area contributed by atoms with Crippen molar-refractivity contribution in [3.05, 3.63) is 30.1 Å². The van der Waals surface area contributed by atoms with Crippen molar-refractivity contribution in [1.29, 1.82) is 0 Å². The van der Waals surface area contributed by atoms with Gasteiger partial charge in [0.05, 0.1) is 5.69 Å². The van der Waals surface area contributed by atoms with Gasteiger partial charge in [-0.1, -0.05) is 19.9 Å². The summed E-state index contributed by atoms with van der Waals surface area (Å²) in [5.74, 6) is 2.59. The average Bonchev–Trinajstić information content (AvgIpc) is 2.80. The molecule has 0 amide bonds. The number of hydrogen-bond donors (Lipinski definition) is 1. The Hall–Kier alpha value is -1.55. The van der Waals surface area contributed by atoms with E-state index >= 15 is 0 Å². The van der Waals surface area contributed by atoms with Gasteiger partial charge in [-0.05, 0) is 30.4 Å². The minimum absolute atomic E-state index is 0.529. The van der Waals surface area contributed by atoms with E-state index in [4.69, 9.17) is 10.7 Å². The molecule has 3 heterocycles. The first-order valence-corrected chi connectivity index (χ1v) is 7.11. The lowest BCUT2D eigenvalue weighted by atomic mass is 9.89. The molecule has 0 radical (unpaired) electrons. The number of rotatable bonds is 2. The number of nitrogens with zero attached hydrogens (tertiary/aromatic N) is 3. The third kappa shape index (κ3) is 2.10. The first-order chi connectivity index (χ1) is 9.20. The molecule has 1 fully saturated rings. The van der Waals surface area contributed by atoms with Gasteiger partial charge in [0.15, 0.2) is 5.82 Å². The van der Waals surface area contributed by atoms with E-state index in [2.05, 4.69) is 23.1 Å². The largest absolute Gasteiger partial charge is 0.355 e. The van der Waals surface area contributed by atoms with Crippen molar-refractivity contribution >= 4 is 11.5 Å². The Kier molecular flexibility index (Phi) is 3.19. The van der Waals surface area contributed by atoms with E-state index in [1.807, 2.05) is 24.4 Å². The van der Waals surface area contributed by atoms with Crippen molar-refractivity contribution in [2.75, 3.05) is 18.0 Å². The number of fused-ring (bicyclic) bond motifs is 1. The van der Waals surface area contributed by atoms with Gasteiger partial charge in [-0.25, -0.2) is 4.98 Å². The molecule has 1 aliphatic rings. The van der Waals surface area contributed by atoms with Gasteiger partial charge in [-0.3, -0.25) is 0 Å². The minimum Gasteiger partial charge on any atom is -0.355 e. The van der Waals surface area contributed by atoms with Crippen LogP contribution >= 0.6 is 0 Å². The SMILES string of the molecule is CC1CCN(c2nc3ccccn3c2CN)CC1C. The van der Waals surface area contributed by atoms with E-state index < -0.39 is 0 Å². The summed E-state index contributed by atoms with van der Waals surface area (Å²) >= 11 is 0. The fraction of sp³-hybridized carbons (Fsp3) is 0.533. The minimum atomic E-state index is 0.529. The van der Waals surface area contributed by atoms with Crippen molar-refractivity contribution in [3.8, 4) is 0 Å². The Morgan fingerprint density at radius 3 is 2.89 bits per heavy atom. The van der Waals surface area contributed by atoms with Crippen LogP contribution in [-0.4, -0.2) is 22.5 Å². The number of piperidine rings is 1. The Bertz CT molecular complexity index is 575. The maximum atomic E-state index is 5.94. The Labute approximate surface area is 114 Å². The van der Waals surface area contributed by atoms with Crippen molar-refractivity contribution in [1.82, 2.24) is 9.38 Å². The Morgan fingerprint density at radius 2 is 2.16 bits per heavy atom. The summed E-state index contributed by atoms with van der Waals surface area (Å²) in [7, 11) is 0. The zero-order chi connectivity index (χ0) is 13.4. The Morgan fingerprint density at radius 1 is 1.32 bits per heavy atom. The molecule has 2 aromatic heterocycles. The smallest absolute Gasteiger partial charge is 0.152 e. The van der Waals surface area contributed by atoms with Crippen LogP contribution in [0.25, 0.3) is 5.65 Å². The second-order valence-corrected chi connectivity index (χ2v) is 5.70. The van der Waals surface area contributed by atoms with Crippen LogP contribution in [0.1, 0.15) is 26.0 Å². The topological polar surface area (TPSA) is 46.6 Å². The van der Waals surface area contributed by atoms with E-state index in [0.717, 1.165) is 36.2 Å². The van der Waals surface area contributed by atoms with Gasteiger partial charge in [0.1, 0.15) is 5.65 Å². The summed E-state index contributed by atoms with van der Waals surface area (Å²) in [5.41, 5.74) is 8.05. The highest BCUT2D eigenvalue weighted by molar-refractivity contribution is 5.56. The van der Waals surface area contributed by atoms with Gasteiger partial charge in [0, 0.05) is 25.8 Å². The second kappa shape index (κ2) is 4.85. The van der Waals surface area contributed by atoms with Gasteiger partial charge in [0.25, 0.3) is 0 Å². The molecule has 19 heavy (non-hydrogen) atoms. The second-order valence-electron chi connectivity index (χ2n) is 5.70. The van der Waals surface area contributed by atoms with Crippen LogP contribution in [0, 0.1) is 11.8 Å². The maximum Gasteiger partial charge on any atom is 0.152 e. The first kappa shape index (κ1) is 12.5. The molecule has 0 aromatic carbocycles. The van der Waals surface area contributed by atoms with Gasteiger partial charge in [-0.15, -0.1) is 0 Å². The molecule has 0 bridgehead atoms. The molecule has 0 spiro atoms. The molecule has 2 N–H and O–H groups in total. The zero-order valence-corrected chi connectivity index (χ0v) is 11.7. The van der Waals surface area contributed by atoms with Crippen molar-refractivity contribution in [2.24, 2.45) is 17.6 Å². The number of hydrogen-bond acceptors (Lipinski definition) is 3. The molecule has 2 aromatic rings. The van der Waals surface area contributed by atoms with Crippen LogP contribution in [0.3, 0.4) is 0 Å². The predicted molar refractivity (Wildman–Crippen MR) is 78.2 cm³/mol. The van der Waals surface area contributed by atoms with Crippen LogP contribution in [-0.2, 0) is 6.54 Å². The molecule has 0 saturated carbocycles. The summed E-state index contributed by atoms with van der Waals surface area (Å²) in [6, 6.07) is 6.09. The molecule has 1 saturated heterocycles. The number of imidazole rings is 1. The van der Waals surface area contributed by atoms with Crippen LogP contribution in [0.15, 0.2) is 24.4 Å². The summed E-state index contributed by atoms with van der Waals surface area (Å²) in [6.45, 7) is 7.37. The molecule has 102 valence electrons. The van der Waals surface area contributed by atoms with Crippen molar-refractivity contribution in [3.63, 3.8) is 0 Å². The first-order valence-electron chi connectivity index (χ1n) is 7.11. The maximum absolute atomic E-state index is 5.94. The molecule has 0 aliphatic carbocycles. The van der Waals surface area contributed by atoms with Crippen LogP contribution < -0.4 is 10.6 Å². The van der Waals surface area contributed by atoms with E-state index in [-0.39, 0.29) is 0 Å². The normalized spacial score (nSPS) is 24.1. The lowest BCUT2D eigenvalue weighted by molar-refractivity contribution is 0.322. The number of pyridine rings is 1. The summed E-state index contributed by atoms with van der Waals surface area (Å²) in [6.07, 6.45) is 3.28. The fourth-order valence-corrected chi connectivity index (χ4v) is 2.93. The van der Waals surface area contributed by atoms with Gasteiger partial charge in [-0.2, -0.15) is 0 Å².